The van der Waals surface area contributed by atoms with Gasteiger partial charge in [-0.05, 0) is 54.7 Å². The first-order valence-electron chi connectivity index (χ1n) is 13.9. The number of phenols is 1. The molecule has 0 radical (unpaired) electrons. The Hall–Kier alpha value is -4.60. The number of rotatable bonds is 3. The zero-order valence-electron chi connectivity index (χ0n) is 22.7. The molecule has 0 aromatic heterocycles. The third-order valence-electron chi connectivity index (χ3n) is 9.23. The monoisotopic (exact) mass is 559 g/mol. The van der Waals surface area contributed by atoms with Crippen LogP contribution in [0.1, 0.15) is 31.2 Å². The molecule has 3 aromatic carbocycles. The molecule has 1 fully saturated rings. The number of hydrogen-bond acceptors (Lipinski definition) is 7. The van der Waals surface area contributed by atoms with Crippen molar-refractivity contribution in [3.63, 3.8) is 0 Å². The van der Waals surface area contributed by atoms with Gasteiger partial charge in [-0.3, -0.25) is 24.1 Å². The molecule has 2 amide bonds. The Morgan fingerprint density at radius 1 is 0.905 bits per heavy atom. The minimum absolute atomic E-state index is 0.00924. The van der Waals surface area contributed by atoms with Gasteiger partial charge in [0.05, 0.1) is 17.5 Å². The fourth-order valence-electron chi connectivity index (χ4n) is 7.32. The summed E-state index contributed by atoms with van der Waals surface area (Å²) >= 11 is 0. The van der Waals surface area contributed by atoms with E-state index in [1.165, 1.54) is 18.2 Å². The fraction of sp³-hybridized carbons (Fsp3) is 0.212. The van der Waals surface area contributed by atoms with Gasteiger partial charge >= 0.3 is 7.12 Å². The maximum absolute atomic E-state index is 14.1. The molecule has 3 aromatic rings. The van der Waals surface area contributed by atoms with Crippen LogP contribution < -0.4 is 10.4 Å². The summed E-state index contributed by atoms with van der Waals surface area (Å²) in [4.78, 5) is 55.9. The molecule has 0 bridgehead atoms. The van der Waals surface area contributed by atoms with Gasteiger partial charge in [-0.25, -0.2) is 0 Å². The molecule has 208 valence electrons. The van der Waals surface area contributed by atoms with Crippen LogP contribution in [0.15, 0.2) is 95.1 Å². The number of allylic oxidation sites excluding steroid dienone is 6. The fourth-order valence-corrected chi connectivity index (χ4v) is 7.32. The van der Waals surface area contributed by atoms with Crippen LogP contribution in [0, 0.1) is 17.8 Å². The first-order valence-corrected chi connectivity index (χ1v) is 13.9. The van der Waals surface area contributed by atoms with Crippen LogP contribution in [-0.2, 0) is 19.2 Å². The van der Waals surface area contributed by atoms with Crippen LogP contribution in [0.4, 0.5) is 5.69 Å². The molecule has 4 aliphatic rings. The molecule has 8 nitrogen and oxygen atoms in total. The summed E-state index contributed by atoms with van der Waals surface area (Å²) in [7, 11) is -1.77. The van der Waals surface area contributed by atoms with E-state index in [9.17, 15) is 34.3 Å². The number of Topliss-reactive ketones (excluding diaryl/α,β-unsaturated/α-hetero) is 1. The highest BCUT2D eigenvalue weighted by atomic mass is 16.4. The molecular formula is C33H26BNO7. The molecule has 0 spiro atoms. The van der Waals surface area contributed by atoms with E-state index in [1.54, 1.807) is 31.2 Å². The van der Waals surface area contributed by atoms with Crippen molar-refractivity contribution in [1.82, 2.24) is 0 Å². The quantitative estimate of drug-likeness (QED) is 0.195. The molecule has 9 heteroatoms. The van der Waals surface area contributed by atoms with Crippen LogP contribution in [0.2, 0.25) is 0 Å². The lowest BCUT2D eigenvalue weighted by atomic mass is 9.59. The van der Waals surface area contributed by atoms with E-state index in [0.717, 1.165) is 15.9 Å². The summed E-state index contributed by atoms with van der Waals surface area (Å²) in [6, 6.07) is 17.0. The zero-order valence-corrected chi connectivity index (χ0v) is 22.7. The minimum Gasteiger partial charge on any atom is -0.507 e. The van der Waals surface area contributed by atoms with Gasteiger partial charge in [-0.15, -0.1) is 0 Å². The molecule has 1 heterocycles. The number of benzene rings is 3. The van der Waals surface area contributed by atoms with Gasteiger partial charge in [0.25, 0.3) is 0 Å². The van der Waals surface area contributed by atoms with E-state index in [-0.39, 0.29) is 41.3 Å². The Labute approximate surface area is 241 Å². The van der Waals surface area contributed by atoms with Gasteiger partial charge < -0.3 is 15.2 Å². The summed E-state index contributed by atoms with van der Waals surface area (Å²) in [6.45, 7) is 1.59. The highest BCUT2D eigenvalue weighted by Crippen LogP contribution is 2.56. The number of ketones is 2. The number of imide groups is 1. The van der Waals surface area contributed by atoms with Crippen LogP contribution in [0.25, 0.3) is 10.8 Å². The van der Waals surface area contributed by atoms with Gasteiger partial charge in [0.15, 0.2) is 11.6 Å². The van der Waals surface area contributed by atoms with Crippen molar-refractivity contribution in [3.05, 3.63) is 101 Å². The second-order valence-electron chi connectivity index (χ2n) is 11.4. The predicted molar refractivity (Wildman–Crippen MR) is 156 cm³/mol. The Kier molecular flexibility index (Phi) is 5.94. The lowest BCUT2D eigenvalue weighted by molar-refractivity contribution is -0.123. The van der Waals surface area contributed by atoms with E-state index >= 15 is 0 Å². The van der Waals surface area contributed by atoms with Crippen LogP contribution >= 0.6 is 0 Å². The van der Waals surface area contributed by atoms with Crippen molar-refractivity contribution in [2.75, 3.05) is 4.90 Å². The summed E-state index contributed by atoms with van der Waals surface area (Å²) in [5.41, 5.74) is 2.57. The summed E-state index contributed by atoms with van der Waals surface area (Å²) in [5, 5.41) is 32.2. The second-order valence-corrected chi connectivity index (χ2v) is 11.4. The maximum Gasteiger partial charge on any atom is 0.488 e. The molecule has 0 saturated carbocycles. The predicted octanol–water partition coefficient (Wildman–Crippen LogP) is 2.86. The summed E-state index contributed by atoms with van der Waals surface area (Å²) < 4.78 is 0. The number of anilines is 1. The molecule has 42 heavy (non-hydrogen) atoms. The van der Waals surface area contributed by atoms with Crippen LogP contribution in [0.5, 0.6) is 5.75 Å². The van der Waals surface area contributed by atoms with E-state index in [0.29, 0.717) is 27.7 Å². The zero-order chi connectivity index (χ0) is 29.4. The largest absolute Gasteiger partial charge is 0.507 e. The van der Waals surface area contributed by atoms with E-state index in [2.05, 4.69) is 0 Å². The van der Waals surface area contributed by atoms with Crippen molar-refractivity contribution >= 4 is 52.4 Å². The number of fused-ring (bicyclic) bond motifs is 4. The highest BCUT2D eigenvalue weighted by molar-refractivity contribution is 6.58. The number of aromatic hydroxyl groups is 1. The smallest absolute Gasteiger partial charge is 0.488 e. The number of nitrogens with zero attached hydrogens (tertiary/aromatic N) is 1. The Morgan fingerprint density at radius 3 is 2.48 bits per heavy atom. The summed E-state index contributed by atoms with van der Waals surface area (Å²) in [5.74, 6) is -4.14. The minimum atomic E-state index is -1.77. The van der Waals surface area contributed by atoms with Gasteiger partial charge in [0, 0.05) is 33.6 Å². The van der Waals surface area contributed by atoms with Crippen LogP contribution in [0.3, 0.4) is 0 Å². The third-order valence-corrected chi connectivity index (χ3v) is 9.23. The van der Waals surface area contributed by atoms with Gasteiger partial charge in [-0.1, -0.05) is 60.2 Å². The number of hydrogen-bond donors (Lipinski definition) is 3. The van der Waals surface area contributed by atoms with E-state index in [4.69, 9.17) is 0 Å². The first-order chi connectivity index (χ1) is 20.2. The van der Waals surface area contributed by atoms with E-state index in [1.807, 2.05) is 30.3 Å². The molecule has 4 atom stereocenters. The number of carbonyl (C=O) groups is 4. The Balaban J connectivity index is 1.38. The van der Waals surface area contributed by atoms with Crippen molar-refractivity contribution in [2.24, 2.45) is 17.8 Å². The SMILES string of the molecule is CC1=CC(=O)C2=C(CC3C(=CCC4C(=O)N(c5cccc(B(O)O)c5)C(=O)C43)C2c2ccc3ccccc3c2O)C1=O. The number of carbonyl (C=O) groups excluding carboxylic acids is 4. The average molecular weight is 559 g/mol. The molecular weight excluding hydrogens is 533 g/mol. The molecule has 1 saturated heterocycles. The lowest BCUT2D eigenvalue weighted by Gasteiger charge is -2.42. The standard InChI is InChI=1S/C33H26BNO7/c1-16-13-26(36)29-25(30(16)37)15-24-21(27(29)22-10-9-17-5-2-3-8-20(17)31(22)38)11-12-23-28(24)33(40)35(32(23)39)19-7-4-6-18(14-19)34(41)42/h2-11,13-14,23-24,27-28,38,41-42H,12,15H2,1H3. The van der Waals surface area contributed by atoms with Crippen molar-refractivity contribution in [3.8, 4) is 5.75 Å². The van der Waals surface area contributed by atoms with Crippen molar-refractivity contribution < 1.29 is 34.3 Å². The van der Waals surface area contributed by atoms with E-state index < -0.39 is 42.6 Å². The number of phenolic OH excluding ortho intramolecular Hbond substituents is 1. The van der Waals surface area contributed by atoms with Crippen molar-refractivity contribution in [1.29, 1.82) is 0 Å². The van der Waals surface area contributed by atoms with Gasteiger partial charge in [0.1, 0.15) is 5.75 Å². The Bertz CT molecular complexity index is 1850. The lowest BCUT2D eigenvalue weighted by Crippen LogP contribution is -2.40. The molecule has 4 unspecified atom stereocenters. The van der Waals surface area contributed by atoms with Crippen LogP contribution in [-0.4, -0.2) is 45.7 Å². The number of amides is 2. The molecule has 3 aliphatic carbocycles. The first kappa shape index (κ1) is 26.3. The Morgan fingerprint density at radius 2 is 1.69 bits per heavy atom. The normalized spacial score (nSPS) is 25.3. The van der Waals surface area contributed by atoms with Gasteiger partial charge in [-0.2, -0.15) is 0 Å². The van der Waals surface area contributed by atoms with Crippen molar-refractivity contribution in [2.45, 2.75) is 25.7 Å². The molecule has 3 N–H and O–H groups in total. The third kappa shape index (κ3) is 3.70. The molecule has 7 rings (SSSR count). The maximum atomic E-state index is 14.1. The molecule has 1 aliphatic heterocycles. The average Bonchev–Trinajstić information content (AvgIpc) is 3.25. The summed E-state index contributed by atoms with van der Waals surface area (Å²) in [6.07, 6.45) is 3.63. The topological polar surface area (TPSA) is 132 Å². The van der Waals surface area contributed by atoms with Gasteiger partial charge in [0.2, 0.25) is 11.8 Å². The highest BCUT2D eigenvalue weighted by Gasteiger charge is 2.57. The second kappa shape index (κ2) is 9.47.